The fourth-order valence-electron chi connectivity index (χ4n) is 3.00. The van der Waals surface area contributed by atoms with Gasteiger partial charge >= 0.3 is 6.03 Å². The molecule has 0 aromatic heterocycles. The van der Waals surface area contributed by atoms with Gasteiger partial charge in [0.05, 0.1) is 0 Å². The van der Waals surface area contributed by atoms with Crippen molar-refractivity contribution < 1.29 is 4.79 Å². The Morgan fingerprint density at radius 2 is 1.55 bits per heavy atom. The van der Waals surface area contributed by atoms with Gasteiger partial charge in [0.25, 0.3) is 0 Å². The summed E-state index contributed by atoms with van der Waals surface area (Å²) in [5.41, 5.74) is 5.49. The fourth-order valence-corrected chi connectivity index (χ4v) is 3.00. The second-order valence-electron chi connectivity index (χ2n) is 6.25. The number of primary amides is 1. The Morgan fingerprint density at radius 3 is 2.00 bits per heavy atom. The third-order valence-electron chi connectivity index (χ3n) is 4.04. The standard InChI is InChI=1S/C15H32N4O/c1-13(2)18(14(3)4)11-7-8-12-19(15(16)20)17-9-5-6-10-17/h13-14H,5-12H2,1-4H3,(H2,16,20). The molecule has 1 heterocycles. The molecule has 5 heteroatoms. The Balaban J connectivity index is 2.31. The molecule has 0 bridgehead atoms. The minimum atomic E-state index is -0.309. The van der Waals surface area contributed by atoms with Gasteiger partial charge in [-0.25, -0.2) is 9.80 Å². The van der Waals surface area contributed by atoms with Gasteiger partial charge in [0, 0.05) is 31.7 Å². The summed E-state index contributed by atoms with van der Waals surface area (Å²) < 4.78 is 0. The molecule has 0 aromatic rings. The van der Waals surface area contributed by atoms with E-state index in [4.69, 9.17) is 5.73 Å². The number of carbonyl (C=O) groups excluding carboxylic acids is 1. The van der Waals surface area contributed by atoms with Gasteiger partial charge in [0.1, 0.15) is 0 Å². The van der Waals surface area contributed by atoms with Crippen molar-refractivity contribution in [2.45, 2.75) is 65.5 Å². The largest absolute Gasteiger partial charge is 0.350 e. The van der Waals surface area contributed by atoms with Gasteiger partial charge in [-0.2, -0.15) is 0 Å². The molecule has 1 aliphatic heterocycles. The second kappa shape index (κ2) is 8.47. The number of hydrogen-bond donors (Lipinski definition) is 1. The third-order valence-corrected chi connectivity index (χ3v) is 4.04. The summed E-state index contributed by atoms with van der Waals surface area (Å²) in [5, 5.41) is 3.84. The van der Waals surface area contributed by atoms with E-state index in [1.165, 1.54) is 0 Å². The van der Waals surface area contributed by atoms with Gasteiger partial charge in [-0.15, -0.1) is 0 Å². The number of hydrogen-bond acceptors (Lipinski definition) is 3. The Labute approximate surface area is 124 Å². The van der Waals surface area contributed by atoms with Crippen molar-refractivity contribution in [1.82, 2.24) is 14.9 Å². The molecule has 1 rings (SSSR count). The maximum Gasteiger partial charge on any atom is 0.329 e. The first-order valence-corrected chi connectivity index (χ1v) is 8.01. The SMILES string of the molecule is CC(C)N(CCCCN(C(N)=O)N1CCCC1)C(C)C. The Kier molecular flexibility index (Phi) is 7.30. The summed E-state index contributed by atoms with van der Waals surface area (Å²) in [6.45, 7) is 12.7. The van der Waals surface area contributed by atoms with E-state index >= 15 is 0 Å². The Hall–Kier alpha value is -0.810. The van der Waals surface area contributed by atoms with Crippen LogP contribution in [0.2, 0.25) is 0 Å². The van der Waals surface area contributed by atoms with Crippen LogP contribution >= 0.6 is 0 Å². The van der Waals surface area contributed by atoms with E-state index in [1.807, 2.05) is 0 Å². The second-order valence-corrected chi connectivity index (χ2v) is 6.25. The fraction of sp³-hybridized carbons (Fsp3) is 0.933. The van der Waals surface area contributed by atoms with Crippen LogP contribution in [0, 0.1) is 0 Å². The Bertz CT molecular complexity index is 280. The lowest BCUT2D eigenvalue weighted by Gasteiger charge is -2.32. The number of amides is 2. The van der Waals surface area contributed by atoms with E-state index in [9.17, 15) is 4.79 Å². The first kappa shape index (κ1) is 17.2. The molecule has 20 heavy (non-hydrogen) atoms. The van der Waals surface area contributed by atoms with E-state index in [0.29, 0.717) is 12.1 Å². The van der Waals surface area contributed by atoms with Gasteiger partial charge in [0.15, 0.2) is 0 Å². The maximum absolute atomic E-state index is 11.5. The molecule has 0 radical (unpaired) electrons. The van der Waals surface area contributed by atoms with Crippen LogP contribution in [0.5, 0.6) is 0 Å². The molecule has 0 aromatic carbocycles. The van der Waals surface area contributed by atoms with Gasteiger partial charge < -0.3 is 5.73 Å². The van der Waals surface area contributed by atoms with Gasteiger partial charge in [0.2, 0.25) is 0 Å². The minimum absolute atomic E-state index is 0.309. The highest BCUT2D eigenvalue weighted by molar-refractivity contribution is 5.71. The predicted molar refractivity (Wildman–Crippen MR) is 83.3 cm³/mol. The van der Waals surface area contributed by atoms with Crippen molar-refractivity contribution in [3.8, 4) is 0 Å². The van der Waals surface area contributed by atoms with Crippen LogP contribution in [-0.2, 0) is 0 Å². The molecule has 1 saturated heterocycles. The van der Waals surface area contributed by atoms with Crippen molar-refractivity contribution in [3.63, 3.8) is 0 Å². The minimum Gasteiger partial charge on any atom is -0.350 e. The summed E-state index contributed by atoms with van der Waals surface area (Å²) in [6, 6.07) is 0.832. The molecule has 0 atom stereocenters. The summed E-state index contributed by atoms with van der Waals surface area (Å²) in [5.74, 6) is 0. The molecule has 2 amide bonds. The molecular formula is C15H32N4O. The number of carbonyl (C=O) groups is 1. The topological polar surface area (TPSA) is 52.8 Å². The van der Waals surface area contributed by atoms with Crippen molar-refractivity contribution in [2.24, 2.45) is 5.73 Å². The first-order valence-electron chi connectivity index (χ1n) is 8.01. The average molecular weight is 284 g/mol. The third kappa shape index (κ3) is 5.29. The maximum atomic E-state index is 11.5. The normalized spacial score (nSPS) is 16.6. The van der Waals surface area contributed by atoms with Gasteiger partial charge in [-0.1, -0.05) is 0 Å². The van der Waals surface area contributed by atoms with Crippen LogP contribution < -0.4 is 5.73 Å². The molecule has 1 fully saturated rings. The number of urea groups is 1. The lowest BCUT2D eigenvalue weighted by atomic mass is 10.2. The smallest absolute Gasteiger partial charge is 0.329 e. The molecule has 1 aliphatic rings. The van der Waals surface area contributed by atoms with Gasteiger partial charge in [-0.3, -0.25) is 9.91 Å². The molecule has 0 aliphatic carbocycles. The number of unbranched alkanes of at least 4 members (excludes halogenated alkanes) is 1. The lowest BCUT2D eigenvalue weighted by Crippen LogP contribution is -2.48. The zero-order valence-corrected chi connectivity index (χ0v) is 13.6. The highest BCUT2D eigenvalue weighted by atomic mass is 16.2. The summed E-state index contributed by atoms with van der Waals surface area (Å²) in [7, 11) is 0. The zero-order chi connectivity index (χ0) is 15.1. The molecular weight excluding hydrogens is 252 g/mol. The summed E-state index contributed by atoms with van der Waals surface area (Å²) in [4.78, 5) is 14.0. The highest BCUT2D eigenvalue weighted by Crippen LogP contribution is 2.13. The molecule has 0 spiro atoms. The van der Waals surface area contributed by atoms with Crippen molar-refractivity contribution >= 4 is 6.03 Å². The van der Waals surface area contributed by atoms with E-state index in [-0.39, 0.29) is 6.03 Å². The predicted octanol–water partition coefficient (Wildman–Crippen LogP) is 2.28. The van der Waals surface area contributed by atoms with Crippen LogP contribution in [0.1, 0.15) is 53.4 Å². The van der Waals surface area contributed by atoms with Gasteiger partial charge in [-0.05, 0) is 59.9 Å². The zero-order valence-electron chi connectivity index (χ0n) is 13.6. The van der Waals surface area contributed by atoms with Crippen LogP contribution in [0.25, 0.3) is 0 Å². The van der Waals surface area contributed by atoms with Crippen LogP contribution in [0.4, 0.5) is 4.79 Å². The van der Waals surface area contributed by atoms with E-state index < -0.39 is 0 Å². The quantitative estimate of drug-likeness (QED) is 0.696. The Morgan fingerprint density at radius 1 is 1.05 bits per heavy atom. The van der Waals surface area contributed by atoms with Crippen molar-refractivity contribution in [1.29, 1.82) is 0 Å². The summed E-state index contributed by atoms with van der Waals surface area (Å²) >= 11 is 0. The molecule has 118 valence electrons. The summed E-state index contributed by atoms with van der Waals surface area (Å²) in [6.07, 6.45) is 4.44. The van der Waals surface area contributed by atoms with Crippen LogP contribution in [-0.4, -0.2) is 59.2 Å². The first-order chi connectivity index (χ1) is 9.43. The van der Waals surface area contributed by atoms with E-state index in [1.54, 1.807) is 5.01 Å². The van der Waals surface area contributed by atoms with Crippen LogP contribution in [0.3, 0.4) is 0 Å². The van der Waals surface area contributed by atoms with Crippen molar-refractivity contribution in [2.75, 3.05) is 26.2 Å². The number of nitrogens with zero attached hydrogens (tertiary/aromatic N) is 3. The molecule has 0 saturated carbocycles. The molecule has 2 N–H and O–H groups in total. The van der Waals surface area contributed by atoms with Crippen LogP contribution in [0.15, 0.2) is 0 Å². The molecule has 5 nitrogen and oxygen atoms in total. The lowest BCUT2D eigenvalue weighted by molar-refractivity contribution is 0.0380. The number of hydrazine groups is 1. The number of rotatable bonds is 8. The number of nitrogens with two attached hydrogens (primary N) is 1. The van der Waals surface area contributed by atoms with E-state index in [0.717, 1.165) is 51.9 Å². The monoisotopic (exact) mass is 284 g/mol. The van der Waals surface area contributed by atoms with Crippen molar-refractivity contribution in [3.05, 3.63) is 0 Å². The average Bonchev–Trinajstić information content (AvgIpc) is 2.85. The highest BCUT2D eigenvalue weighted by Gasteiger charge is 2.22. The molecule has 0 unspecified atom stereocenters. The van der Waals surface area contributed by atoms with E-state index in [2.05, 4.69) is 37.6 Å².